The van der Waals surface area contributed by atoms with E-state index in [0.29, 0.717) is 39.7 Å². The Labute approximate surface area is 190 Å². The number of nitrogens with one attached hydrogen (secondary N) is 2. The Hall–Kier alpha value is -4.33. The molecule has 2 N–H and O–H groups in total. The molecule has 4 aromatic rings. The third kappa shape index (κ3) is 4.79. The highest BCUT2D eigenvalue weighted by molar-refractivity contribution is 6.05. The molecule has 0 spiro atoms. The van der Waals surface area contributed by atoms with Crippen LogP contribution in [0.25, 0.3) is 11.0 Å². The number of benzene rings is 3. The molecule has 0 unspecified atom stereocenters. The number of carbonyl (C=O) groups excluding carboxylic acids is 2. The van der Waals surface area contributed by atoms with E-state index in [4.69, 9.17) is 14.0 Å². The number of hydrogen-bond donors (Lipinski definition) is 2. The van der Waals surface area contributed by atoms with E-state index < -0.39 is 0 Å². The van der Waals surface area contributed by atoms with Crippen LogP contribution in [-0.4, -0.2) is 31.2 Å². The second-order valence-corrected chi connectivity index (χ2v) is 7.43. The van der Waals surface area contributed by atoms with Crippen molar-refractivity contribution in [3.05, 3.63) is 77.5 Å². The van der Waals surface area contributed by atoms with Crippen molar-refractivity contribution in [3.8, 4) is 11.5 Å². The van der Waals surface area contributed by atoms with E-state index in [0.717, 1.165) is 10.9 Å². The van der Waals surface area contributed by atoms with Crippen LogP contribution in [0.3, 0.4) is 0 Å². The molecule has 1 aromatic heterocycles. The molecule has 2 amide bonds. The van der Waals surface area contributed by atoms with Crippen LogP contribution in [0.1, 0.15) is 21.6 Å². The molecule has 0 atom stereocenters. The van der Waals surface area contributed by atoms with Crippen LogP contribution >= 0.6 is 0 Å². The van der Waals surface area contributed by atoms with Crippen molar-refractivity contribution in [1.29, 1.82) is 0 Å². The highest BCUT2D eigenvalue weighted by Gasteiger charge is 2.18. The molecule has 4 rings (SSSR count). The number of anilines is 2. The van der Waals surface area contributed by atoms with Gasteiger partial charge in [-0.3, -0.25) is 9.59 Å². The number of rotatable bonds is 7. The second-order valence-electron chi connectivity index (χ2n) is 7.43. The molecule has 168 valence electrons. The molecule has 0 aliphatic heterocycles. The summed E-state index contributed by atoms with van der Waals surface area (Å²) in [5, 5.41) is 10.5. The molecule has 1 heterocycles. The number of nitrogens with zero attached hydrogens (tertiary/aromatic N) is 1. The van der Waals surface area contributed by atoms with Gasteiger partial charge in [-0.05, 0) is 31.2 Å². The average Bonchev–Trinajstić information content (AvgIpc) is 3.21. The highest BCUT2D eigenvalue weighted by atomic mass is 16.5. The Morgan fingerprint density at radius 1 is 0.909 bits per heavy atom. The van der Waals surface area contributed by atoms with Crippen LogP contribution in [-0.2, 0) is 11.2 Å². The van der Waals surface area contributed by atoms with Crippen LogP contribution in [0.2, 0.25) is 0 Å². The Morgan fingerprint density at radius 3 is 2.24 bits per heavy atom. The van der Waals surface area contributed by atoms with E-state index in [2.05, 4.69) is 15.8 Å². The maximum atomic E-state index is 12.8. The van der Waals surface area contributed by atoms with Gasteiger partial charge in [-0.1, -0.05) is 35.0 Å². The van der Waals surface area contributed by atoms with Crippen LogP contribution in [0.15, 0.2) is 65.2 Å². The molecule has 3 aromatic carbocycles. The molecule has 0 radical (unpaired) electrons. The minimum atomic E-state index is -0.298. The fourth-order valence-electron chi connectivity index (χ4n) is 3.45. The largest absolute Gasteiger partial charge is 0.494 e. The van der Waals surface area contributed by atoms with Gasteiger partial charge in [-0.15, -0.1) is 0 Å². The van der Waals surface area contributed by atoms with Gasteiger partial charge in [0.1, 0.15) is 17.2 Å². The van der Waals surface area contributed by atoms with E-state index in [9.17, 15) is 9.59 Å². The minimum absolute atomic E-state index is 0.0222. The number of aryl methyl sites for hydroxylation is 1. The zero-order valence-electron chi connectivity index (χ0n) is 18.5. The first-order valence-electron chi connectivity index (χ1n) is 10.3. The van der Waals surface area contributed by atoms with Gasteiger partial charge >= 0.3 is 0 Å². The SMILES string of the molecule is COc1cc(NC(=O)c2ccccc2)c(OC)cc1NC(=O)Cc1noc2ccc(C)cc12. The van der Waals surface area contributed by atoms with Gasteiger partial charge in [0.05, 0.1) is 32.0 Å². The first-order valence-corrected chi connectivity index (χ1v) is 10.3. The summed E-state index contributed by atoms with van der Waals surface area (Å²) in [6.45, 7) is 1.96. The third-order valence-electron chi connectivity index (χ3n) is 5.11. The molecule has 33 heavy (non-hydrogen) atoms. The third-order valence-corrected chi connectivity index (χ3v) is 5.11. The maximum Gasteiger partial charge on any atom is 0.255 e. The summed E-state index contributed by atoms with van der Waals surface area (Å²) >= 11 is 0. The number of methoxy groups -OCH3 is 2. The maximum absolute atomic E-state index is 12.8. The topological polar surface area (TPSA) is 103 Å². The summed E-state index contributed by atoms with van der Waals surface area (Å²) in [6.07, 6.45) is 0.0222. The molecule has 0 aliphatic carbocycles. The zero-order valence-corrected chi connectivity index (χ0v) is 18.5. The smallest absolute Gasteiger partial charge is 0.255 e. The van der Waals surface area contributed by atoms with Gasteiger partial charge < -0.3 is 24.6 Å². The fourth-order valence-corrected chi connectivity index (χ4v) is 3.45. The van der Waals surface area contributed by atoms with Crippen molar-refractivity contribution in [2.24, 2.45) is 0 Å². The lowest BCUT2D eigenvalue weighted by Crippen LogP contribution is -2.16. The Morgan fingerprint density at radius 2 is 1.58 bits per heavy atom. The van der Waals surface area contributed by atoms with Gasteiger partial charge in [-0.25, -0.2) is 0 Å². The van der Waals surface area contributed by atoms with Gasteiger partial charge in [-0.2, -0.15) is 0 Å². The van der Waals surface area contributed by atoms with E-state index in [-0.39, 0.29) is 18.2 Å². The number of amides is 2. The molecule has 0 aliphatic rings. The average molecular weight is 445 g/mol. The van der Waals surface area contributed by atoms with Crippen molar-refractivity contribution in [2.75, 3.05) is 24.9 Å². The van der Waals surface area contributed by atoms with E-state index >= 15 is 0 Å². The lowest BCUT2D eigenvalue weighted by Gasteiger charge is -2.16. The zero-order chi connectivity index (χ0) is 23.4. The van der Waals surface area contributed by atoms with Gasteiger partial charge in [0, 0.05) is 23.1 Å². The van der Waals surface area contributed by atoms with Gasteiger partial charge in [0.2, 0.25) is 5.91 Å². The Bertz CT molecular complexity index is 1310. The molecular weight excluding hydrogens is 422 g/mol. The fraction of sp³-hybridized carbons (Fsp3) is 0.160. The number of ether oxygens (including phenoxy) is 2. The van der Waals surface area contributed by atoms with Crippen LogP contribution in [0, 0.1) is 6.92 Å². The van der Waals surface area contributed by atoms with E-state index in [1.54, 1.807) is 36.4 Å². The predicted molar refractivity (Wildman–Crippen MR) is 125 cm³/mol. The Kier molecular flexibility index (Phi) is 6.26. The molecule has 8 nitrogen and oxygen atoms in total. The lowest BCUT2D eigenvalue weighted by atomic mass is 10.1. The van der Waals surface area contributed by atoms with Crippen LogP contribution in [0.5, 0.6) is 11.5 Å². The predicted octanol–water partition coefficient (Wildman–Crippen LogP) is 4.59. The first-order chi connectivity index (χ1) is 16.0. The minimum Gasteiger partial charge on any atom is -0.494 e. The summed E-state index contributed by atoms with van der Waals surface area (Å²) < 4.78 is 16.2. The van der Waals surface area contributed by atoms with Crippen molar-refractivity contribution in [2.45, 2.75) is 13.3 Å². The van der Waals surface area contributed by atoms with Crippen molar-refractivity contribution in [1.82, 2.24) is 5.16 Å². The van der Waals surface area contributed by atoms with Crippen molar-refractivity contribution < 1.29 is 23.6 Å². The number of aromatic nitrogens is 1. The molecule has 0 bridgehead atoms. The summed E-state index contributed by atoms with van der Waals surface area (Å²) in [6, 6.07) is 17.7. The standard InChI is InChI=1S/C25H23N3O5/c1-15-9-10-21-17(11-15)18(28-33-21)14-24(29)26-19-12-23(32-3)20(13-22(19)31-2)27-25(30)16-7-5-4-6-8-16/h4-13H,14H2,1-3H3,(H,26,29)(H,27,30). The summed E-state index contributed by atoms with van der Waals surface area (Å²) in [7, 11) is 2.96. The normalized spacial score (nSPS) is 10.6. The van der Waals surface area contributed by atoms with Crippen molar-refractivity contribution in [3.63, 3.8) is 0 Å². The molecule has 0 saturated carbocycles. The van der Waals surface area contributed by atoms with Crippen molar-refractivity contribution >= 4 is 34.2 Å². The summed E-state index contributed by atoms with van der Waals surface area (Å²) in [5.74, 6) is 0.153. The van der Waals surface area contributed by atoms with Gasteiger partial charge in [0.25, 0.3) is 5.91 Å². The summed E-state index contributed by atoms with van der Waals surface area (Å²) in [4.78, 5) is 25.3. The Balaban J connectivity index is 1.55. The quantitative estimate of drug-likeness (QED) is 0.431. The number of carbonyl (C=O) groups is 2. The summed E-state index contributed by atoms with van der Waals surface area (Å²) in [5.41, 5.74) is 3.54. The highest BCUT2D eigenvalue weighted by Crippen LogP contribution is 2.37. The first kappa shape index (κ1) is 21.9. The molecule has 0 saturated heterocycles. The van der Waals surface area contributed by atoms with Crippen LogP contribution < -0.4 is 20.1 Å². The lowest BCUT2D eigenvalue weighted by molar-refractivity contribution is -0.115. The number of hydrogen-bond acceptors (Lipinski definition) is 6. The van der Waals surface area contributed by atoms with Gasteiger partial charge in [0.15, 0.2) is 5.58 Å². The monoisotopic (exact) mass is 445 g/mol. The molecular formula is C25H23N3O5. The van der Waals surface area contributed by atoms with Crippen LogP contribution in [0.4, 0.5) is 11.4 Å². The van der Waals surface area contributed by atoms with E-state index in [1.807, 2.05) is 31.2 Å². The number of fused-ring (bicyclic) bond motifs is 1. The van der Waals surface area contributed by atoms with E-state index in [1.165, 1.54) is 14.2 Å². The second kappa shape index (κ2) is 9.44. The molecule has 8 heteroatoms. The molecule has 0 fully saturated rings.